The van der Waals surface area contributed by atoms with Crippen molar-refractivity contribution in [3.8, 4) is 0 Å². The smallest absolute Gasteiger partial charge is 0.341 e. The van der Waals surface area contributed by atoms with Crippen LogP contribution in [0.3, 0.4) is 0 Å². The Morgan fingerprint density at radius 2 is 1.80 bits per heavy atom. The zero-order chi connectivity index (χ0) is 24.5. The summed E-state index contributed by atoms with van der Waals surface area (Å²) in [5.74, 6) is -1.06. The molecule has 4 aromatic rings. The molecule has 2 N–H and O–H groups in total. The lowest BCUT2D eigenvalue weighted by Gasteiger charge is -2.32. The van der Waals surface area contributed by atoms with Gasteiger partial charge < -0.3 is 15.3 Å². The van der Waals surface area contributed by atoms with Gasteiger partial charge in [0.1, 0.15) is 22.8 Å². The number of aromatic carboxylic acids is 1. The van der Waals surface area contributed by atoms with E-state index in [1.807, 2.05) is 18.2 Å². The van der Waals surface area contributed by atoms with Crippen LogP contribution in [0.15, 0.2) is 60.9 Å². The summed E-state index contributed by atoms with van der Waals surface area (Å²) in [5, 5.41) is 16.8. The van der Waals surface area contributed by atoms with Crippen molar-refractivity contribution in [2.75, 3.05) is 18.4 Å². The molecule has 9 heteroatoms. The fourth-order valence-corrected chi connectivity index (χ4v) is 4.53. The molecule has 0 unspecified atom stereocenters. The van der Waals surface area contributed by atoms with Gasteiger partial charge >= 0.3 is 5.97 Å². The van der Waals surface area contributed by atoms with E-state index in [9.17, 15) is 19.1 Å². The molecule has 1 aliphatic rings. The van der Waals surface area contributed by atoms with Crippen molar-refractivity contribution in [2.45, 2.75) is 25.7 Å². The maximum Gasteiger partial charge on any atom is 0.341 e. The minimum Gasteiger partial charge on any atom is -0.477 e. The number of rotatable bonds is 5. The van der Waals surface area contributed by atoms with E-state index in [-0.39, 0.29) is 34.3 Å². The van der Waals surface area contributed by atoms with E-state index < -0.39 is 5.97 Å². The number of carbonyl (C=O) groups excluding carboxylic acids is 1. The molecule has 2 aromatic carbocycles. The van der Waals surface area contributed by atoms with E-state index in [2.05, 4.69) is 27.5 Å². The molecule has 178 valence electrons. The van der Waals surface area contributed by atoms with Crippen LogP contribution in [0.25, 0.3) is 5.65 Å². The molecule has 35 heavy (non-hydrogen) atoms. The van der Waals surface area contributed by atoms with E-state index in [1.165, 1.54) is 28.5 Å². The van der Waals surface area contributed by atoms with Gasteiger partial charge in [0.25, 0.3) is 5.91 Å². The summed E-state index contributed by atoms with van der Waals surface area (Å²) < 4.78 is 15.1. The Labute approximate surface area is 201 Å². The largest absolute Gasteiger partial charge is 0.477 e. The summed E-state index contributed by atoms with van der Waals surface area (Å²) in [4.78, 5) is 31.2. The Bertz CT molecular complexity index is 1410. The zero-order valence-corrected chi connectivity index (χ0v) is 19.1. The van der Waals surface area contributed by atoms with Gasteiger partial charge in [0.15, 0.2) is 5.65 Å². The summed E-state index contributed by atoms with van der Waals surface area (Å²) in [7, 11) is 0. The van der Waals surface area contributed by atoms with E-state index in [0.29, 0.717) is 30.3 Å². The van der Waals surface area contributed by atoms with Crippen LogP contribution in [0.4, 0.5) is 15.9 Å². The number of carboxylic acid groups (broad SMARTS) is 1. The number of aromatic nitrogens is 3. The van der Waals surface area contributed by atoms with Crippen molar-refractivity contribution in [3.05, 3.63) is 89.0 Å². The summed E-state index contributed by atoms with van der Waals surface area (Å²) in [6.07, 6.45) is 4.27. The lowest BCUT2D eigenvalue weighted by atomic mass is 9.89. The molecule has 1 amide bonds. The topological polar surface area (TPSA) is 99.8 Å². The molecule has 1 aliphatic heterocycles. The average Bonchev–Trinajstić information content (AvgIpc) is 3.32. The number of amides is 1. The molecule has 0 atom stereocenters. The zero-order valence-electron chi connectivity index (χ0n) is 19.1. The van der Waals surface area contributed by atoms with Gasteiger partial charge in [-0.05, 0) is 55.0 Å². The van der Waals surface area contributed by atoms with Crippen LogP contribution in [0.5, 0.6) is 0 Å². The van der Waals surface area contributed by atoms with Crippen LogP contribution in [-0.4, -0.2) is 49.6 Å². The van der Waals surface area contributed by atoms with Gasteiger partial charge in [-0.2, -0.15) is 9.61 Å². The summed E-state index contributed by atoms with van der Waals surface area (Å²) in [5.41, 5.74) is 2.54. The van der Waals surface area contributed by atoms with E-state index in [1.54, 1.807) is 24.0 Å². The summed E-state index contributed by atoms with van der Waals surface area (Å²) in [6.45, 7) is 2.82. The molecular formula is C26H24FN5O3. The number of hydrogen-bond donors (Lipinski definition) is 2. The van der Waals surface area contributed by atoms with Crippen LogP contribution in [0, 0.1) is 12.7 Å². The van der Waals surface area contributed by atoms with Crippen molar-refractivity contribution in [1.82, 2.24) is 19.5 Å². The van der Waals surface area contributed by atoms with E-state index in [0.717, 1.165) is 12.8 Å². The molecule has 5 rings (SSSR count). The van der Waals surface area contributed by atoms with Gasteiger partial charge in [-0.1, -0.05) is 30.3 Å². The van der Waals surface area contributed by atoms with Crippen molar-refractivity contribution < 1.29 is 19.1 Å². The molecule has 1 saturated heterocycles. The predicted octanol–water partition coefficient (Wildman–Crippen LogP) is 4.64. The van der Waals surface area contributed by atoms with Crippen LogP contribution in [0.1, 0.15) is 50.6 Å². The molecule has 0 aliphatic carbocycles. The molecule has 0 bridgehead atoms. The SMILES string of the molecule is Cc1cc(Nc2c(C(=O)N3CCC(c4ccccc4)CC3)cnc3c(C(=O)O)cnn23)ccc1F. The fourth-order valence-electron chi connectivity index (χ4n) is 4.53. The van der Waals surface area contributed by atoms with Gasteiger partial charge in [-0.25, -0.2) is 14.2 Å². The number of anilines is 2. The highest BCUT2D eigenvalue weighted by Crippen LogP contribution is 2.30. The monoisotopic (exact) mass is 473 g/mol. The third kappa shape index (κ3) is 4.32. The first-order valence-corrected chi connectivity index (χ1v) is 11.4. The number of nitrogens with zero attached hydrogens (tertiary/aromatic N) is 4. The highest BCUT2D eigenvalue weighted by Gasteiger charge is 2.28. The standard InChI is InChI=1S/C26H24FN5O3/c1-16-13-19(7-8-22(16)27)30-24-20(14-28-23-21(26(34)35)15-29-32(23)24)25(33)31-11-9-18(10-12-31)17-5-3-2-4-6-17/h2-8,13-15,18,30H,9-12H2,1H3,(H,34,35). The second-order valence-corrected chi connectivity index (χ2v) is 8.69. The fraction of sp³-hybridized carbons (Fsp3) is 0.231. The van der Waals surface area contributed by atoms with Crippen LogP contribution < -0.4 is 5.32 Å². The first kappa shape index (κ1) is 22.5. The first-order valence-electron chi connectivity index (χ1n) is 11.4. The Kier molecular flexibility index (Phi) is 5.90. The van der Waals surface area contributed by atoms with Gasteiger partial charge in [-0.3, -0.25) is 4.79 Å². The Morgan fingerprint density at radius 3 is 2.49 bits per heavy atom. The second-order valence-electron chi connectivity index (χ2n) is 8.69. The summed E-state index contributed by atoms with van der Waals surface area (Å²) >= 11 is 0. The quantitative estimate of drug-likeness (QED) is 0.438. The van der Waals surface area contributed by atoms with Gasteiger partial charge in [0, 0.05) is 25.0 Å². The average molecular weight is 474 g/mol. The van der Waals surface area contributed by atoms with Crippen molar-refractivity contribution in [1.29, 1.82) is 0 Å². The van der Waals surface area contributed by atoms with Gasteiger partial charge in [0.05, 0.1) is 6.20 Å². The predicted molar refractivity (Wildman–Crippen MR) is 129 cm³/mol. The minimum absolute atomic E-state index is 0.0778. The number of nitrogens with one attached hydrogen (secondary N) is 1. The number of benzene rings is 2. The molecule has 0 radical (unpaired) electrons. The maximum absolute atomic E-state index is 13.8. The number of fused-ring (bicyclic) bond motifs is 1. The van der Waals surface area contributed by atoms with E-state index in [4.69, 9.17) is 0 Å². The number of carbonyl (C=O) groups is 2. The number of halogens is 1. The third-order valence-corrected chi connectivity index (χ3v) is 6.46. The maximum atomic E-state index is 13.8. The molecule has 0 saturated carbocycles. The lowest BCUT2D eigenvalue weighted by molar-refractivity contribution is 0.0695. The van der Waals surface area contributed by atoms with Crippen LogP contribution >= 0.6 is 0 Å². The van der Waals surface area contributed by atoms with Crippen molar-refractivity contribution in [3.63, 3.8) is 0 Å². The number of likely N-dealkylation sites (tertiary alicyclic amines) is 1. The molecule has 2 aromatic heterocycles. The normalized spacial score (nSPS) is 14.3. The number of hydrogen-bond acceptors (Lipinski definition) is 5. The Morgan fingerprint density at radius 1 is 1.06 bits per heavy atom. The first-order chi connectivity index (χ1) is 16.9. The van der Waals surface area contributed by atoms with Gasteiger partial charge in [0.2, 0.25) is 0 Å². The molecule has 3 heterocycles. The van der Waals surface area contributed by atoms with Crippen LogP contribution in [0.2, 0.25) is 0 Å². The molecule has 1 fully saturated rings. The van der Waals surface area contributed by atoms with Gasteiger partial charge in [-0.15, -0.1) is 0 Å². The van der Waals surface area contributed by atoms with Crippen LogP contribution in [-0.2, 0) is 0 Å². The Balaban J connectivity index is 1.48. The highest BCUT2D eigenvalue weighted by molar-refractivity contribution is 6.01. The lowest BCUT2D eigenvalue weighted by Crippen LogP contribution is -2.38. The highest BCUT2D eigenvalue weighted by atomic mass is 19.1. The minimum atomic E-state index is -1.17. The second kappa shape index (κ2) is 9.17. The Hall–Kier alpha value is -4.27. The number of aryl methyl sites for hydroxylation is 1. The number of carboxylic acids is 1. The number of piperidine rings is 1. The van der Waals surface area contributed by atoms with E-state index >= 15 is 0 Å². The molecule has 8 nitrogen and oxygen atoms in total. The molecule has 0 spiro atoms. The summed E-state index contributed by atoms with van der Waals surface area (Å²) in [6, 6.07) is 14.8. The third-order valence-electron chi connectivity index (χ3n) is 6.46. The van der Waals surface area contributed by atoms with Crippen molar-refractivity contribution in [2.24, 2.45) is 0 Å². The molecular weight excluding hydrogens is 449 g/mol. The van der Waals surface area contributed by atoms with Crippen molar-refractivity contribution >= 4 is 29.0 Å².